The molecule has 0 amide bonds. The standard InChI is InChI=1S/C6H5.C3H7.BrH.Mg/c1-2-4-6-5-3-1;1-3-2;;/h1-5H;1,3H2,2H3;1H;. The van der Waals surface area contributed by atoms with Crippen molar-refractivity contribution >= 4 is 41.0 Å². The molecular formula is C9H13BrMg. The molecule has 58 valence electrons. The molecule has 0 aliphatic rings. The van der Waals surface area contributed by atoms with Gasteiger partial charge in [-0.05, 0) is 0 Å². The van der Waals surface area contributed by atoms with Crippen LogP contribution in [0.25, 0.3) is 0 Å². The molecule has 1 aromatic rings. The van der Waals surface area contributed by atoms with E-state index < -0.39 is 0 Å². The second-order valence-corrected chi connectivity index (χ2v) is 4.61. The number of benzene rings is 1. The molecule has 0 fully saturated rings. The Kier molecular flexibility index (Phi) is 7.44. The third-order valence-corrected chi connectivity index (χ3v) is 3.77. The maximum absolute atomic E-state index is 2.26. The molecule has 0 bridgehead atoms. The summed E-state index contributed by atoms with van der Waals surface area (Å²) in [7, 11) is 0. The molecule has 0 aliphatic carbocycles. The highest BCUT2D eigenvalue weighted by Crippen LogP contribution is 1.87. The molecule has 2 heteroatoms. The summed E-state index contributed by atoms with van der Waals surface area (Å²) in [6, 6.07) is 10.9. The second kappa shape index (κ2) is 7.13. The summed E-state index contributed by atoms with van der Waals surface area (Å²) in [4.78, 5) is 0. The number of hydrogen-bond acceptors (Lipinski definition) is 0. The first-order valence-electron chi connectivity index (χ1n) is 3.97. The summed E-state index contributed by atoms with van der Waals surface area (Å²) < 4.78 is 3.05. The number of rotatable bonds is 3. The predicted molar refractivity (Wildman–Crippen MR) is 57.3 cm³/mol. The lowest BCUT2D eigenvalue weighted by atomic mass is 10.4. The van der Waals surface area contributed by atoms with Crippen LogP contribution in [0.5, 0.6) is 0 Å². The third-order valence-electron chi connectivity index (χ3n) is 1.66. The first-order valence-corrected chi connectivity index (χ1v) is 5.68. The van der Waals surface area contributed by atoms with Crippen LogP contribution in [-0.4, -0.2) is 20.4 Å². The van der Waals surface area contributed by atoms with Crippen molar-refractivity contribution in [3.8, 4) is 0 Å². The molecule has 0 nitrogen and oxygen atoms in total. The Morgan fingerprint density at radius 1 is 1.18 bits per heavy atom. The van der Waals surface area contributed by atoms with E-state index in [0.717, 1.165) is 0 Å². The topological polar surface area (TPSA) is 0 Å². The summed E-state index contributed by atoms with van der Waals surface area (Å²) in [6.45, 7) is 2.26. The zero-order valence-electron chi connectivity index (χ0n) is 6.92. The molecular weight excluding hydrogens is 212 g/mol. The molecule has 0 aliphatic heterocycles. The maximum Gasteiger partial charge on any atom is 0.408 e. The van der Waals surface area contributed by atoms with E-state index in [9.17, 15) is 0 Å². The third kappa shape index (κ3) is 4.83. The Morgan fingerprint density at radius 3 is 2.36 bits per heavy atom. The quantitative estimate of drug-likeness (QED) is 0.693. The summed E-state index contributed by atoms with van der Waals surface area (Å²) in [6.07, 6.45) is 1.35. The minimum atomic E-state index is 0. The molecule has 0 heterocycles. The zero-order chi connectivity index (χ0) is 7.23. The summed E-state index contributed by atoms with van der Waals surface area (Å²) in [5.74, 6) is 0. The van der Waals surface area contributed by atoms with Crippen molar-refractivity contribution in [1.29, 1.82) is 0 Å². The Bertz CT molecular complexity index is 174. The van der Waals surface area contributed by atoms with Crippen molar-refractivity contribution in [3.63, 3.8) is 0 Å². The van der Waals surface area contributed by atoms with Crippen molar-refractivity contribution in [1.82, 2.24) is 0 Å². The van der Waals surface area contributed by atoms with Crippen LogP contribution in [0.4, 0.5) is 0 Å². The van der Waals surface area contributed by atoms with Gasteiger partial charge in [-0.3, -0.25) is 0 Å². The Balaban J connectivity index is 0.000001000. The minimum Gasteiger partial charge on any atom is -0.174 e. The summed E-state index contributed by atoms with van der Waals surface area (Å²) >= 11 is 0.0886. The van der Waals surface area contributed by atoms with Crippen LogP contribution in [0, 0.1) is 0 Å². The van der Waals surface area contributed by atoms with Gasteiger partial charge in [0.15, 0.2) is 0 Å². The molecule has 0 saturated heterocycles. The molecule has 0 N–H and O–H groups in total. The van der Waals surface area contributed by atoms with Crippen LogP contribution in [0.15, 0.2) is 30.3 Å². The number of hydrogen-bond donors (Lipinski definition) is 0. The molecule has 1 aromatic carbocycles. The summed E-state index contributed by atoms with van der Waals surface area (Å²) in [5, 5.41) is 0. The van der Waals surface area contributed by atoms with E-state index in [1.165, 1.54) is 11.0 Å². The average Bonchev–Trinajstić information content (AvgIpc) is 2.03. The molecule has 0 atom stereocenters. The monoisotopic (exact) mass is 224 g/mol. The van der Waals surface area contributed by atoms with E-state index in [4.69, 9.17) is 0 Å². The molecule has 0 aromatic heterocycles. The lowest BCUT2D eigenvalue weighted by Crippen LogP contribution is -2.11. The van der Waals surface area contributed by atoms with Gasteiger partial charge in [0, 0.05) is 0 Å². The van der Waals surface area contributed by atoms with Crippen LogP contribution < -0.4 is 3.69 Å². The van der Waals surface area contributed by atoms with Crippen molar-refractivity contribution in [2.45, 2.75) is 17.9 Å². The number of halogens is 1. The van der Waals surface area contributed by atoms with Crippen LogP contribution >= 0.6 is 17.0 Å². The molecule has 0 unspecified atom stereocenters. The van der Waals surface area contributed by atoms with Crippen LogP contribution in [-0.2, 0) is 0 Å². The maximum atomic E-state index is 2.26. The molecule has 11 heavy (non-hydrogen) atoms. The summed E-state index contributed by atoms with van der Waals surface area (Å²) in [5.41, 5.74) is 0. The van der Waals surface area contributed by atoms with Crippen molar-refractivity contribution in [2.24, 2.45) is 0 Å². The van der Waals surface area contributed by atoms with E-state index in [2.05, 4.69) is 37.3 Å². The highest BCUT2D eigenvalue weighted by Gasteiger charge is 1.94. The van der Waals surface area contributed by atoms with E-state index in [0.29, 0.717) is 0 Å². The van der Waals surface area contributed by atoms with Gasteiger partial charge in [0.25, 0.3) is 0 Å². The zero-order valence-corrected chi connectivity index (χ0v) is 10.0. The van der Waals surface area contributed by atoms with Gasteiger partial charge in [-0.25, -0.2) is 0 Å². The van der Waals surface area contributed by atoms with Crippen molar-refractivity contribution in [2.75, 3.05) is 0 Å². The van der Waals surface area contributed by atoms with Crippen molar-refractivity contribution in [3.05, 3.63) is 30.3 Å². The van der Waals surface area contributed by atoms with Crippen LogP contribution in [0.3, 0.4) is 0 Å². The van der Waals surface area contributed by atoms with Gasteiger partial charge in [0.05, 0.1) is 0 Å². The Hall–Kier alpha value is 0.466. The van der Waals surface area contributed by atoms with E-state index in [-0.39, 0.29) is 37.3 Å². The van der Waals surface area contributed by atoms with E-state index in [1.807, 2.05) is 0 Å². The second-order valence-electron chi connectivity index (χ2n) is 2.59. The van der Waals surface area contributed by atoms with Crippen molar-refractivity contribution < 1.29 is 0 Å². The normalized spacial score (nSPS) is 8.09. The fourth-order valence-corrected chi connectivity index (χ4v) is 2.39. The Morgan fingerprint density at radius 2 is 1.82 bits per heavy atom. The van der Waals surface area contributed by atoms with Gasteiger partial charge in [0.2, 0.25) is 0 Å². The van der Waals surface area contributed by atoms with Gasteiger partial charge in [0.1, 0.15) is 0 Å². The average molecular weight is 225 g/mol. The van der Waals surface area contributed by atoms with Gasteiger partial charge < -0.3 is 0 Å². The lowest BCUT2D eigenvalue weighted by molar-refractivity contribution is 1.08. The Labute approximate surface area is 88.9 Å². The first kappa shape index (κ1) is 11.5. The molecule has 1 rings (SSSR count). The largest absolute Gasteiger partial charge is 0.408 e. The minimum absolute atomic E-state index is 0. The van der Waals surface area contributed by atoms with Gasteiger partial charge in [-0.2, -0.15) is 3.69 Å². The SMILES string of the molecule is Br.CC[CH2][Mg][c]1ccccc1. The van der Waals surface area contributed by atoms with Gasteiger partial charge in [-0.15, -0.1) is 21.5 Å². The highest BCUT2D eigenvalue weighted by molar-refractivity contribution is 8.93. The van der Waals surface area contributed by atoms with Crippen LogP contribution in [0.2, 0.25) is 4.55 Å². The lowest BCUT2D eigenvalue weighted by Gasteiger charge is -1.94. The van der Waals surface area contributed by atoms with Crippen LogP contribution in [0.1, 0.15) is 13.3 Å². The predicted octanol–water partition coefficient (Wildman–Crippen LogP) is 2.42. The molecule has 0 spiro atoms. The van der Waals surface area contributed by atoms with Gasteiger partial charge in [-0.1, -0.05) is 43.7 Å². The first-order chi connectivity index (χ1) is 4.93. The highest BCUT2D eigenvalue weighted by atomic mass is 79.9. The smallest absolute Gasteiger partial charge is 0.174 e. The fraction of sp³-hybridized carbons (Fsp3) is 0.333. The molecule has 0 radical (unpaired) electrons. The molecule has 0 saturated carbocycles. The fourth-order valence-electron chi connectivity index (χ4n) is 1.03. The van der Waals surface area contributed by atoms with E-state index in [1.54, 1.807) is 3.69 Å². The van der Waals surface area contributed by atoms with Gasteiger partial charge >= 0.3 is 20.4 Å². The van der Waals surface area contributed by atoms with E-state index >= 15 is 0 Å².